The molecule has 1 aromatic heterocycles. The van der Waals surface area contributed by atoms with Crippen LogP contribution in [0.15, 0.2) is 40.6 Å². The van der Waals surface area contributed by atoms with Crippen molar-refractivity contribution in [3.8, 4) is 0 Å². The number of nitrogens with one attached hydrogen (secondary N) is 2. The van der Waals surface area contributed by atoms with Crippen LogP contribution in [0.3, 0.4) is 0 Å². The third kappa shape index (κ3) is 6.60. The zero-order valence-electron chi connectivity index (χ0n) is 17.1. The number of carbonyl (C=O) groups is 3. The van der Waals surface area contributed by atoms with E-state index in [2.05, 4.69) is 15.6 Å². The molecular weight excluding hydrogens is 378 g/mol. The van der Waals surface area contributed by atoms with E-state index in [9.17, 15) is 14.4 Å². The lowest BCUT2D eigenvalue weighted by Crippen LogP contribution is -2.32. The van der Waals surface area contributed by atoms with Gasteiger partial charge in [-0.2, -0.15) is 0 Å². The Bertz CT molecular complexity index is 809. The molecule has 0 unspecified atom stereocenters. The minimum Gasteiger partial charge on any atom is -0.349 e. The van der Waals surface area contributed by atoms with Crippen molar-refractivity contribution in [2.75, 3.05) is 11.9 Å². The smallest absolute Gasteiger partial charge is 0.292 e. The van der Waals surface area contributed by atoms with E-state index in [4.69, 9.17) is 11.6 Å². The van der Waals surface area contributed by atoms with Gasteiger partial charge in [-0.1, -0.05) is 30.5 Å². The van der Waals surface area contributed by atoms with Gasteiger partial charge in [0.2, 0.25) is 5.78 Å². The summed E-state index contributed by atoms with van der Waals surface area (Å²) in [4.78, 5) is 41.6. The lowest BCUT2D eigenvalue weighted by Gasteiger charge is -2.16. The second-order valence-corrected chi connectivity index (χ2v) is 6.98. The lowest BCUT2D eigenvalue weighted by atomic mass is 9.91. The van der Waals surface area contributed by atoms with E-state index in [1.165, 1.54) is 6.20 Å². The van der Waals surface area contributed by atoms with E-state index in [0.29, 0.717) is 35.4 Å². The Hall–Kier alpha value is -2.47. The second-order valence-electron chi connectivity index (χ2n) is 6.59. The zero-order chi connectivity index (χ0) is 21.3. The number of amides is 2. The van der Waals surface area contributed by atoms with Crippen molar-refractivity contribution >= 4 is 34.9 Å². The number of pyridine rings is 1. The normalized spacial score (nSPS) is 11.4. The number of hydrogen-bond donors (Lipinski definition) is 2. The van der Waals surface area contributed by atoms with Crippen molar-refractivity contribution in [1.82, 2.24) is 10.3 Å². The van der Waals surface area contributed by atoms with Gasteiger partial charge in [0.1, 0.15) is 5.15 Å². The van der Waals surface area contributed by atoms with Crippen LogP contribution >= 0.6 is 11.6 Å². The van der Waals surface area contributed by atoms with Crippen LogP contribution in [-0.2, 0) is 14.4 Å². The fraction of sp³-hybridized carbons (Fsp3) is 0.429. The maximum absolute atomic E-state index is 12.9. The first-order chi connectivity index (χ1) is 13.2. The number of Topliss-reactive ketones (excluding diaryl/α,β-unsaturated/α-hetero) is 1. The van der Waals surface area contributed by atoms with Crippen LogP contribution in [0.25, 0.3) is 0 Å². The molecule has 2 N–H and O–H groups in total. The van der Waals surface area contributed by atoms with Crippen LogP contribution in [0.4, 0.5) is 5.69 Å². The third-order valence-corrected chi connectivity index (χ3v) is 4.34. The Morgan fingerprint density at radius 2 is 1.79 bits per heavy atom. The van der Waals surface area contributed by atoms with E-state index in [1.54, 1.807) is 39.8 Å². The molecule has 0 aliphatic carbocycles. The maximum Gasteiger partial charge on any atom is 0.292 e. The Morgan fingerprint density at radius 1 is 1.11 bits per heavy atom. The van der Waals surface area contributed by atoms with Gasteiger partial charge in [0.05, 0.1) is 0 Å². The second kappa shape index (κ2) is 11.4. The molecule has 0 spiro atoms. The van der Waals surface area contributed by atoms with Crippen molar-refractivity contribution in [2.24, 2.45) is 0 Å². The number of likely N-dealkylation sites (N-methyl/N-ethyl adjacent to an activating group) is 1. The Labute approximate surface area is 171 Å². The highest BCUT2D eigenvalue weighted by atomic mass is 35.5. The van der Waals surface area contributed by atoms with Crippen LogP contribution in [0, 0.1) is 0 Å². The summed E-state index contributed by atoms with van der Waals surface area (Å²) in [5.74, 6) is -1.61. The number of ketones is 1. The molecule has 1 aromatic rings. The van der Waals surface area contributed by atoms with Gasteiger partial charge in [0.25, 0.3) is 11.8 Å². The van der Waals surface area contributed by atoms with Gasteiger partial charge in [-0.25, -0.2) is 4.98 Å². The largest absolute Gasteiger partial charge is 0.349 e. The Kier molecular flexibility index (Phi) is 9.59. The average molecular weight is 406 g/mol. The molecule has 0 radical (unpaired) electrons. The molecule has 0 aromatic carbocycles. The molecule has 6 nitrogen and oxygen atoms in total. The highest BCUT2D eigenvalue weighted by Gasteiger charge is 2.24. The number of unbranched alkanes of at least 4 members (excludes halogenated alkanes) is 1. The number of anilines is 1. The number of halogens is 1. The number of nitrogens with zero attached hydrogens (tertiary/aromatic N) is 1. The number of hydrogen-bond acceptors (Lipinski definition) is 4. The van der Waals surface area contributed by atoms with Gasteiger partial charge in [0, 0.05) is 29.6 Å². The maximum atomic E-state index is 12.9. The minimum atomic E-state index is -0.651. The molecule has 1 heterocycles. The van der Waals surface area contributed by atoms with E-state index in [0.717, 1.165) is 18.4 Å². The average Bonchev–Trinajstić information content (AvgIpc) is 2.61. The minimum absolute atomic E-state index is 0.263. The molecule has 7 heteroatoms. The summed E-state index contributed by atoms with van der Waals surface area (Å²) >= 11 is 5.87. The number of carbonyl (C=O) groups excluding carboxylic acids is 3. The monoisotopic (exact) mass is 405 g/mol. The Balaban J connectivity index is 3.32. The zero-order valence-corrected chi connectivity index (χ0v) is 17.9. The summed E-state index contributed by atoms with van der Waals surface area (Å²) in [5, 5.41) is 5.58. The first kappa shape index (κ1) is 23.6. The molecule has 2 amide bonds. The summed E-state index contributed by atoms with van der Waals surface area (Å²) < 4.78 is 0. The molecule has 0 aliphatic rings. The van der Waals surface area contributed by atoms with Crippen molar-refractivity contribution < 1.29 is 14.4 Å². The molecule has 0 atom stereocenters. The van der Waals surface area contributed by atoms with E-state index < -0.39 is 11.7 Å². The summed E-state index contributed by atoms with van der Waals surface area (Å²) in [6.45, 7) is 9.43. The van der Waals surface area contributed by atoms with Crippen molar-refractivity contribution in [2.45, 2.75) is 53.9 Å². The van der Waals surface area contributed by atoms with Crippen molar-refractivity contribution in [3.05, 3.63) is 45.8 Å². The van der Waals surface area contributed by atoms with Crippen molar-refractivity contribution in [1.29, 1.82) is 0 Å². The van der Waals surface area contributed by atoms with Gasteiger partial charge >= 0.3 is 0 Å². The summed E-state index contributed by atoms with van der Waals surface area (Å²) in [7, 11) is 0. The molecule has 28 heavy (non-hydrogen) atoms. The standard InChI is InChI=1S/C21H28ClN3O3/c1-6-8-9-16(19(26)21(28)23-7-2)14(5)18(13(3)4)20(27)25-15-10-11-24-17(22)12-15/h10-12H,6-9H2,1-5H3,(H,23,28)(H,24,25,27)/b16-14+. The lowest BCUT2D eigenvalue weighted by molar-refractivity contribution is -0.135. The number of rotatable bonds is 9. The van der Waals surface area contributed by atoms with Crippen LogP contribution in [0.5, 0.6) is 0 Å². The predicted octanol–water partition coefficient (Wildman–Crippen LogP) is 4.22. The van der Waals surface area contributed by atoms with Crippen LogP contribution in [0.2, 0.25) is 5.15 Å². The SMILES string of the molecule is CCCC/C(C(=O)C(=O)NCC)=C(/C)C(C(=O)Nc1ccnc(Cl)c1)=C(C)C. The van der Waals surface area contributed by atoms with Gasteiger partial charge < -0.3 is 10.6 Å². The number of aromatic nitrogens is 1. The molecule has 0 saturated carbocycles. The van der Waals surface area contributed by atoms with Gasteiger partial charge in [-0.15, -0.1) is 0 Å². The highest BCUT2D eigenvalue weighted by Crippen LogP contribution is 2.25. The number of allylic oxidation sites excluding steroid dienone is 1. The molecule has 1 rings (SSSR count). The quantitative estimate of drug-likeness (QED) is 0.278. The molecule has 0 fully saturated rings. The predicted molar refractivity (Wildman–Crippen MR) is 112 cm³/mol. The van der Waals surface area contributed by atoms with Gasteiger partial charge in [-0.05, 0) is 58.2 Å². The summed E-state index contributed by atoms with van der Waals surface area (Å²) in [6, 6.07) is 3.17. The van der Waals surface area contributed by atoms with Crippen LogP contribution in [0.1, 0.15) is 53.9 Å². The fourth-order valence-electron chi connectivity index (χ4n) is 2.80. The molecule has 152 valence electrons. The van der Waals surface area contributed by atoms with Crippen LogP contribution < -0.4 is 10.6 Å². The van der Waals surface area contributed by atoms with Gasteiger partial charge in [-0.3, -0.25) is 14.4 Å². The first-order valence-corrected chi connectivity index (χ1v) is 9.73. The first-order valence-electron chi connectivity index (χ1n) is 9.35. The summed E-state index contributed by atoms with van der Waals surface area (Å²) in [5.41, 5.74) is 2.51. The highest BCUT2D eigenvalue weighted by molar-refractivity contribution is 6.43. The molecule has 0 bridgehead atoms. The Morgan fingerprint density at radius 3 is 2.32 bits per heavy atom. The fourth-order valence-corrected chi connectivity index (χ4v) is 2.97. The van der Waals surface area contributed by atoms with E-state index in [-0.39, 0.29) is 11.1 Å². The molecular formula is C21H28ClN3O3. The van der Waals surface area contributed by atoms with Crippen LogP contribution in [-0.4, -0.2) is 29.1 Å². The third-order valence-electron chi connectivity index (χ3n) is 4.14. The van der Waals surface area contributed by atoms with E-state index >= 15 is 0 Å². The van der Waals surface area contributed by atoms with Gasteiger partial charge in [0.15, 0.2) is 0 Å². The van der Waals surface area contributed by atoms with E-state index in [1.807, 2.05) is 6.92 Å². The topological polar surface area (TPSA) is 88.2 Å². The van der Waals surface area contributed by atoms with Crippen molar-refractivity contribution in [3.63, 3.8) is 0 Å². The molecule has 0 aliphatic heterocycles. The molecule has 0 saturated heterocycles. The summed E-state index contributed by atoms with van der Waals surface area (Å²) in [6.07, 6.45) is 3.54.